The molecule has 13 heavy (non-hydrogen) atoms. The molecule has 68 valence electrons. The lowest BCUT2D eigenvalue weighted by Crippen LogP contribution is -2.25. The number of nitrogens with zero attached hydrogens (tertiary/aromatic N) is 1. The Labute approximate surface area is 79.0 Å². The summed E-state index contributed by atoms with van der Waals surface area (Å²) < 4.78 is 0. The van der Waals surface area contributed by atoms with Crippen LogP contribution < -0.4 is 10.8 Å². The van der Waals surface area contributed by atoms with E-state index in [0.717, 1.165) is 11.9 Å². The third-order valence-electron chi connectivity index (χ3n) is 1.67. The van der Waals surface area contributed by atoms with Gasteiger partial charge in [0.05, 0.1) is 5.56 Å². The van der Waals surface area contributed by atoms with E-state index in [1.807, 2.05) is 20.8 Å². The van der Waals surface area contributed by atoms with Gasteiger partial charge in [0.25, 0.3) is 5.91 Å². The van der Waals surface area contributed by atoms with Crippen LogP contribution in [-0.4, -0.2) is 25.3 Å². The van der Waals surface area contributed by atoms with Crippen LogP contribution >= 0.6 is 0 Å². The van der Waals surface area contributed by atoms with E-state index in [9.17, 15) is 4.79 Å². The van der Waals surface area contributed by atoms with Crippen molar-refractivity contribution >= 4 is 19.2 Å². The maximum Gasteiger partial charge on any atom is 0.252 e. The topological polar surface area (TPSA) is 42.0 Å². The van der Waals surface area contributed by atoms with Gasteiger partial charge < -0.3 is 5.32 Å². The Kier molecular flexibility index (Phi) is 3.49. The molecule has 0 spiro atoms. The highest BCUT2D eigenvalue weighted by Crippen LogP contribution is 1.92. The normalized spacial score (nSPS) is 9.62. The van der Waals surface area contributed by atoms with E-state index >= 15 is 0 Å². The third kappa shape index (κ3) is 2.90. The fourth-order valence-electron chi connectivity index (χ4n) is 1.02. The van der Waals surface area contributed by atoms with Crippen LogP contribution in [0, 0.1) is 0 Å². The maximum atomic E-state index is 11.4. The van der Waals surface area contributed by atoms with Crippen LogP contribution in [0.5, 0.6) is 0 Å². The lowest BCUT2D eigenvalue weighted by Gasteiger charge is -2.02. The molecule has 0 aliphatic carbocycles. The van der Waals surface area contributed by atoms with Crippen molar-refractivity contribution in [2.45, 2.75) is 13.3 Å². The van der Waals surface area contributed by atoms with Gasteiger partial charge in [0.2, 0.25) is 0 Å². The van der Waals surface area contributed by atoms with E-state index in [2.05, 4.69) is 10.3 Å². The van der Waals surface area contributed by atoms with Crippen molar-refractivity contribution in [2.75, 3.05) is 6.54 Å². The number of pyridine rings is 1. The Balaban J connectivity index is 2.66. The Morgan fingerprint density at radius 1 is 1.62 bits per heavy atom. The molecular formula is C9H13BN2O. The fourth-order valence-corrected chi connectivity index (χ4v) is 1.02. The summed E-state index contributed by atoms with van der Waals surface area (Å²) >= 11 is 0. The summed E-state index contributed by atoms with van der Waals surface area (Å²) in [6.07, 6.45) is 4.26. The van der Waals surface area contributed by atoms with Crippen LogP contribution in [0.1, 0.15) is 23.7 Å². The second kappa shape index (κ2) is 4.65. The predicted octanol–water partition coefficient (Wildman–Crippen LogP) is -0.520. The van der Waals surface area contributed by atoms with E-state index in [1.165, 1.54) is 0 Å². The first kappa shape index (κ1) is 9.77. The van der Waals surface area contributed by atoms with Crippen LogP contribution in [0.3, 0.4) is 0 Å². The molecule has 4 heteroatoms. The Bertz CT molecular complexity index is 301. The van der Waals surface area contributed by atoms with Crippen LogP contribution in [0.4, 0.5) is 0 Å². The van der Waals surface area contributed by atoms with Gasteiger partial charge in [-0.2, -0.15) is 0 Å². The van der Waals surface area contributed by atoms with Gasteiger partial charge in [-0.15, -0.1) is 0 Å². The van der Waals surface area contributed by atoms with Crippen LogP contribution in [0.2, 0.25) is 0 Å². The molecule has 3 nitrogen and oxygen atoms in total. The van der Waals surface area contributed by atoms with E-state index in [0.29, 0.717) is 12.1 Å². The Morgan fingerprint density at radius 2 is 2.38 bits per heavy atom. The molecule has 0 aromatic carbocycles. The zero-order valence-electron chi connectivity index (χ0n) is 8.00. The standard InChI is InChI=1S/C9H13BN2O/c1-2-3-12-9(13)7-4-8(10)6-11-5-7/h4-6H,2-3,10H2,1H3,(H,12,13). The molecule has 1 aromatic heterocycles. The first-order chi connectivity index (χ1) is 6.24. The second-order valence-electron chi connectivity index (χ2n) is 3.01. The first-order valence-corrected chi connectivity index (χ1v) is 4.44. The number of aromatic nitrogens is 1. The van der Waals surface area contributed by atoms with Crippen molar-refractivity contribution in [1.82, 2.24) is 10.3 Å². The van der Waals surface area contributed by atoms with Crippen molar-refractivity contribution < 1.29 is 4.79 Å². The van der Waals surface area contributed by atoms with E-state index < -0.39 is 0 Å². The molecule has 0 saturated carbocycles. The van der Waals surface area contributed by atoms with Crippen molar-refractivity contribution in [2.24, 2.45) is 0 Å². The number of amides is 1. The number of nitrogens with one attached hydrogen (secondary N) is 1. The quantitative estimate of drug-likeness (QED) is 0.629. The second-order valence-corrected chi connectivity index (χ2v) is 3.01. The average Bonchev–Trinajstić information content (AvgIpc) is 2.14. The van der Waals surface area contributed by atoms with Gasteiger partial charge in [-0.3, -0.25) is 9.78 Å². The highest BCUT2D eigenvalue weighted by atomic mass is 16.1. The third-order valence-corrected chi connectivity index (χ3v) is 1.67. The van der Waals surface area contributed by atoms with Crippen molar-refractivity contribution in [1.29, 1.82) is 0 Å². The number of hydrogen-bond donors (Lipinski definition) is 1. The molecule has 0 atom stereocenters. The monoisotopic (exact) mass is 176 g/mol. The van der Waals surface area contributed by atoms with Gasteiger partial charge in [0.15, 0.2) is 0 Å². The molecule has 1 heterocycles. The number of carbonyl (C=O) groups excluding carboxylic acids is 1. The van der Waals surface area contributed by atoms with E-state index in [1.54, 1.807) is 12.4 Å². The summed E-state index contributed by atoms with van der Waals surface area (Å²) in [6, 6.07) is 1.83. The highest BCUT2D eigenvalue weighted by Gasteiger charge is 2.03. The summed E-state index contributed by atoms with van der Waals surface area (Å²) in [6.45, 7) is 2.74. The zero-order chi connectivity index (χ0) is 9.68. The average molecular weight is 176 g/mol. The number of hydrogen-bond acceptors (Lipinski definition) is 2. The summed E-state index contributed by atoms with van der Waals surface area (Å²) in [5, 5.41) is 2.80. The summed E-state index contributed by atoms with van der Waals surface area (Å²) in [4.78, 5) is 15.4. The van der Waals surface area contributed by atoms with Gasteiger partial charge in [0, 0.05) is 18.9 Å². The van der Waals surface area contributed by atoms with Crippen molar-refractivity contribution in [3.63, 3.8) is 0 Å². The fraction of sp³-hybridized carbons (Fsp3) is 0.333. The SMILES string of the molecule is Bc1cncc(C(=O)NCCC)c1. The highest BCUT2D eigenvalue weighted by molar-refractivity contribution is 6.32. The maximum absolute atomic E-state index is 11.4. The van der Waals surface area contributed by atoms with Gasteiger partial charge in [0.1, 0.15) is 7.85 Å². The van der Waals surface area contributed by atoms with Crippen LogP contribution in [0.15, 0.2) is 18.5 Å². The predicted molar refractivity (Wildman–Crippen MR) is 55.0 cm³/mol. The Hall–Kier alpha value is -1.32. The summed E-state index contributed by atoms with van der Waals surface area (Å²) in [5.41, 5.74) is 1.64. The molecular weight excluding hydrogens is 163 g/mol. The molecule has 0 radical (unpaired) electrons. The molecule has 1 N–H and O–H groups in total. The minimum atomic E-state index is -0.0435. The molecule has 0 aliphatic rings. The number of rotatable bonds is 3. The molecule has 0 bridgehead atoms. The lowest BCUT2D eigenvalue weighted by atomic mass is 9.97. The molecule has 0 fully saturated rings. The lowest BCUT2D eigenvalue weighted by molar-refractivity contribution is 0.0953. The van der Waals surface area contributed by atoms with Gasteiger partial charge in [-0.1, -0.05) is 18.5 Å². The molecule has 0 unspecified atom stereocenters. The van der Waals surface area contributed by atoms with Crippen LogP contribution in [-0.2, 0) is 0 Å². The first-order valence-electron chi connectivity index (χ1n) is 4.44. The van der Waals surface area contributed by atoms with Gasteiger partial charge in [-0.25, -0.2) is 0 Å². The van der Waals surface area contributed by atoms with Crippen molar-refractivity contribution in [3.05, 3.63) is 24.0 Å². The molecule has 1 rings (SSSR count). The minimum absolute atomic E-state index is 0.0435. The minimum Gasteiger partial charge on any atom is -0.352 e. The zero-order valence-corrected chi connectivity index (χ0v) is 8.00. The molecule has 1 amide bonds. The number of carbonyl (C=O) groups is 1. The smallest absolute Gasteiger partial charge is 0.252 e. The van der Waals surface area contributed by atoms with Crippen molar-refractivity contribution in [3.8, 4) is 0 Å². The Morgan fingerprint density at radius 3 is 3.00 bits per heavy atom. The van der Waals surface area contributed by atoms with E-state index in [-0.39, 0.29) is 5.91 Å². The summed E-state index contributed by atoms with van der Waals surface area (Å²) in [7, 11) is 1.92. The molecule has 0 aliphatic heterocycles. The van der Waals surface area contributed by atoms with Gasteiger partial charge in [-0.05, 0) is 6.42 Å². The van der Waals surface area contributed by atoms with E-state index in [4.69, 9.17) is 0 Å². The molecule has 1 aromatic rings. The molecule has 0 saturated heterocycles. The van der Waals surface area contributed by atoms with Crippen LogP contribution in [0.25, 0.3) is 0 Å². The van der Waals surface area contributed by atoms with Gasteiger partial charge >= 0.3 is 0 Å². The largest absolute Gasteiger partial charge is 0.352 e. The summed E-state index contributed by atoms with van der Waals surface area (Å²) in [5.74, 6) is -0.0435.